The van der Waals surface area contributed by atoms with Crippen LogP contribution in [0.3, 0.4) is 0 Å². The number of carbonyl (C=O) groups is 2. The van der Waals surface area contributed by atoms with Crippen molar-refractivity contribution in [2.75, 3.05) is 32.7 Å². The van der Waals surface area contributed by atoms with Gasteiger partial charge in [-0.05, 0) is 62.4 Å². The number of fused-ring (bicyclic) bond motifs is 2. The van der Waals surface area contributed by atoms with Crippen molar-refractivity contribution in [3.05, 3.63) is 107 Å². The number of hydrogen-bond donors (Lipinski definition) is 4. The molecule has 4 N–H and O–H groups in total. The second kappa shape index (κ2) is 18.8. The summed E-state index contributed by atoms with van der Waals surface area (Å²) in [7, 11) is 0. The van der Waals surface area contributed by atoms with Crippen molar-refractivity contribution in [3.8, 4) is 0 Å². The van der Waals surface area contributed by atoms with Crippen molar-refractivity contribution >= 4 is 23.3 Å². The highest BCUT2D eigenvalue weighted by Crippen LogP contribution is 2.32. The normalized spacial score (nSPS) is 18.9. The summed E-state index contributed by atoms with van der Waals surface area (Å²) in [6, 6.07) is 27.6. The zero-order chi connectivity index (χ0) is 36.1. The van der Waals surface area contributed by atoms with Gasteiger partial charge in [-0.2, -0.15) is 0 Å². The molecule has 1 aliphatic heterocycles. The molecule has 1 fully saturated rings. The van der Waals surface area contributed by atoms with E-state index in [9.17, 15) is 19.8 Å². The van der Waals surface area contributed by atoms with Crippen LogP contribution in [-0.2, 0) is 29.0 Å². The fourth-order valence-corrected chi connectivity index (χ4v) is 6.54. The van der Waals surface area contributed by atoms with Crippen LogP contribution < -0.4 is 10.6 Å². The number of nitrogens with zero attached hydrogens (tertiary/aromatic N) is 2. The molecule has 4 aromatic rings. The van der Waals surface area contributed by atoms with Crippen LogP contribution in [0.2, 0.25) is 0 Å². The fraction of sp³-hybridized carbons (Fsp3) is 0.463. The summed E-state index contributed by atoms with van der Waals surface area (Å²) in [5, 5.41) is 28.7. The van der Waals surface area contributed by atoms with Crippen LogP contribution in [0.15, 0.2) is 89.3 Å². The van der Waals surface area contributed by atoms with Gasteiger partial charge >= 0.3 is 0 Å². The van der Waals surface area contributed by atoms with Crippen molar-refractivity contribution < 1.29 is 24.2 Å². The molecule has 2 heterocycles. The smallest absolute Gasteiger partial charge is 0.224 e. The summed E-state index contributed by atoms with van der Waals surface area (Å²) >= 11 is 0. The molecule has 6 rings (SSSR count). The first-order valence-corrected chi connectivity index (χ1v) is 18.0. The Bertz CT molecular complexity index is 1580. The maximum atomic E-state index is 13.6. The second-order valence-electron chi connectivity index (χ2n) is 14.1. The number of aliphatic hydroxyl groups excluding tert-OH is 2. The summed E-state index contributed by atoms with van der Waals surface area (Å²) in [6.45, 7) is 14.6. The van der Waals surface area contributed by atoms with Crippen LogP contribution in [0, 0.1) is 5.92 Å². The van der Waals surface area contributed by atoms with E-state index >= 15 is 0 Å². The molecule has 50 heavy (non-hydrogen) atoms. The highest BCUT2D eigenvalue weighted by Gasteiger charge is 2.34. The van der Waals surface area contributed by atoms with E-state index in [1.807, 2.05) is 107 Å². The van der Waals surface area contributed by atoms with E-state index in [1.54, 1.807) is 0 Å². The Hall–Kier alpha value is -4.02. The maximum Gasteiger partial charge on any atom is 0.224 e. The minimum atomic E-state index is -0.644. The Balaban J connectivity index is 0.000000559. The molecule has 2 amide bonds. The summed E-state index contributed by atoms with van der Waals surface area (Å²) in [5.41, 5.74) is 3.97. The van der Waals surface area contributed by atoms with E-state index in [4.69, 9.17) is 4.42 Å². The van der Waals surface area contributed by atoms with E-state index in [2.05, 4.69) is 32.6 Å². The number of furan rings is 1. The molecule has 0 spiro atoms. The molecule has 0 radical (unpaired) electrons. The number of carbonyl (C=O) groups excluding carboxylic acids is 2. The zero-order valence-corrected chi connectivity index (χ0v) is 30.3. The van der Waals surface area contributed by atoms with Crippen LogP contribution in [0.25, 0.3) is 11.0 Å². The van der Waals surface area contributed by atoms with Gasteiger partial charge in [0.2, 0.25) is 12.3 Å². The van der Waals surface area contributed by atoms with Gasteiger partial charge in [-0.3, -0.25) is 19.4 Å². The van der Waals surface area contributed by atoms with E-state index in [0.717, 1.165) is 66.1 Å². The third kappa shape index (κ3) is 11.5. The van der Waals surface area contributed by atoms with Gasteiger partial charge in [-0.15, -0.1) is 0 Å². The van der Waals surface area contributed by atoms with E-state index < -0.39 is 24.2 Å². The maximum absolute atomic E-state index is 13.6. The van der Waals surface area contributed by atoms with E-state index in [-0.39, 0.29) is 11.4 Å². The van der Waals surface area contributed by atoms with Crippen molar-refractivity contribution in [3.63, 3.8) is 0 Å². The lowest BCUT2D eigenvalue weighted by atomic mass is 9.92. The van der Waals surface area contributed by atoms with Gasteiger partial charge in [0, 0.05) is 56.0 Å². The lowest BCUT2D eigenvalue weighted by Crippen LogP contribution is -2.48. The summed E-state index contributed by atoms with van der Waals surface area (Å²) in [6.07, 6.45) is 0.880. The molecule has 2 aliphatic rings. The van der Waals surface area contributed by atoms with Gasteiger partial charge in [0.1, 0.15) is 11.3 Å². The lowest BCUT2D eigenvalue weighted by Gasteiger charge is -2.35. The number of rotatable bonds is 11. The van der Waals surface area contributed by atoms with Crippen molar-refractivity contribution in [2.24, 2.45) is 5.92 Å². The van der Waals surface area contributed by atoms with Crippen LogP contribution in [-0.4, -0.2) is 82.8 Å². The number of hydrogen-bond acceptors (Lipinski definition) is 7. The quantitative estimate of drug-likeness (QED) is 0.154. The molecule has 270 valence electrons. The number of piperazine rings is 1. The van der Waals surface area contributed by atoms with E-state index in [0.29, 0.717) is 32.2 Å². The van der Waals surface area contributed by atoms with Crippen LogP contribution >= 0.6 is 0 Å². The Morgan fingerprint density at radius 1 is 0.940 bits per heavy atom. The van der Waals surface area contributed by atoms with Gasteiger partial charge in [0.25, 0.3) is 0 Å². The largest absolute Gasteiger partial charge is 0.460 e. The summed E-state index contributed by atoms with van der Waals surface area (Å²) < 4.78 is 6.00. The molecule has 3 aromatic carbocycles. The molecule has 9 nitrogen and oxygen atoms in total. The van der Waals surface area contributed by atoms with Gasteiger partial charge in [0.15, 0.2) is 0 Å². The molecular formula is C41H56N4O5. The molecule has 9 heteroatoms. The van der Waals surface area contributed by atoms with Gasteiger partial charge in [-0.1, -0.05) is 86.6 Å². The number of benzene rings is 3. The fourth-order valence-electron chi connectivity index (χ4n) is 6.54. The van der Waals surface area contributed by atoms with Crippen LogP contribution in [0.4, 0.5) is 0 Å². The third-order valence-electron chi connectivity index (χ3n) is 9.04. The molecular weight excluding hydrogens is 628 g/mol. The van der Waals surface area contributed by atoms with Gasteiger partial charge in [-0.25, -0.2) is 0 Å². The monoisotopic (exact) mass is 684 g/mol. The first kappa shape index (κ1) is 38.8. The number of β-amino-alcohol motifs (C(OH)–C–C–N with tert-alkyl or cyclic N) is 1. The average molecular weight is 685 g/mol. The van der Waals surface area contributed by atoms with Gasteiger partial charge in [0.05, 0.1) is 24.8 Å². The third-order valence-corrected chi connectivity index (χ3v) is 9.04. The standard InChI is InChI=1S/C34H39N3O4.C5H11NO.C2H6/c38-28(22-36-14-16-37(17-15-36)23-29-20-26-11-5-7-13-32(26)41-29)19-27(18-24-8-2-1-3-9-24)34(40)35-33-30-12-6-4-10-25(30)21-31(33)39;1-5(2,3)6-4-7;1-2/h1-13,20,27-28,31,33,38-39H,14-19,21-23H2,(H,35,40);4H,1-3H3,(H,6,7);1-2H3/t27-,28+,31?,33?;;/m1../s1. The van der Waals surface area contributed by atoms with Crippen molar-refractivity contribution in [1.29, 1.82) is 0 Å². The predicted molar refractivity (Wildman–Crippen MR) is 200 cm³/mol. The number of aliphatic hydroxyl groups is 2. The lowest BCUT2D eigenvalue weighted by molar-refractivity contribution is -0.127. The molecule has 4 atom stereocenters. The number of para-hydroxylation sites is 1. The van der Waals surface area contributed by atoms with Crippen LogP contribution in [0.5, 0.6) is 0 Å². The predicted octanol–water partition coefficient (Wildman–Crippen LogP) is 5.49. The molecule has 1 saturated heterocycles. The average Bonchev–Trinajstić information content (AvgIpc) is 3.65. The van der Waals surface area contributed by atoms with Crippen molar-refractivity contribution in [2.45, 2.75) is 84.2 Å². The molecule has 0 bridgehead atoms. The Kier molecular flexibility index (Phi) is 14.6. The van der Waals surface area contributed by atoms with E-state index in [1.165, 1.54) is 0 Å². The highest BCUT2D eigenvalue weighted by molar-refractivity contribution is 5.80. The summed E-state index contributed by atoms with van der Waals surface area (Å²) in [5.74, 6) is 0.454. The molecule has 1 aliphatic carbocycles. The molecule has 2 unspecified atom stereocenters. The molecule has 1 aromatic heterocycles. The number of nitrogens with one attached hydrogen (secondary N) is 2. The highest BCUT2D eigenvalue weighted by atomic mass is 16.3. The first-order chi connectivity index (χ1) is 24.1. The topological polar surface area (TPSA) is 118 Å². The van der Waals surface area contributed by atoms with Crippen LogP contribution in [0.1, 0.15) is 69.5 Å². The minimum absolute atomic E-state index is 0.0677. The SMILES string of the molecule is CC.CC(C)(C)NC=O.O=C(NC1c2ccccc2CC1O)[C@H](Cc1ccccc1)C[C@H](O)CN1CCN(Cc2cc3ccccc3o2)CC1. The summed E-state index contributed by atoms with van der Waals surface area (Å²) in [4.78, 5) is 28.0. The zero-order valence-electron chi connectivity index (χ0n) is 30.3. The first-order valence-electron chi connectivity index (χ1n) is 18.0. The molecule has 0 saturated carbocycles. The Morgan fingerprint density at radius 2 is 1.58 bits per heavy atom. The number of amides is 2. The Morgan fingerprint density at radius 3 is 2.24 bits per heavy atom. The second-order valence-corrected chi connectivity index (χ2v) is 14.1. The Labute approximate surface area is 297 Å². The van der Waals surface area contributed by atoms with Crippen molar-refractivity contribution in [1.82, 2.24) is 20.4 Å². The van der Waals surface area contributed by atoms with Gasteiger partial charge < -0.3 is 25.3 Å². The minimum Gasteiger partial charge on any atom is -0.460 e.